The normalized spacial score (nSPS) is 20.6. The van der Waals surface area contributed by atoms with Gasteiger partial charge in [0.1, 0.15) is 6.04 Å². The van der Waals surface area contributed by atoms with E-state index in [0.29, 0.717) is 4.91 Å². The number of ether oxygens (including phenoxy) is 1. The van der Waals surface area contributed by atoms with E-state index < -0.39 is 23.2 Å². The summed E-state index contributed by atoms with van der Waals surface area (Å²) in [5.74, 6) is -1.09. The molecule has 0 aliphatic carbocycles. The van der Waals surface area contributed by atoms with Crippen molar-refractivity contribution in [2.45, 2.75) is 46.2 Å². The first-order valence-corrected chi connectivity index (χ1v) is 10.4. The van der Waals surface area contributed by atoms with Crippen molar-refractivity contribution in [1.82, 2.24) is 4.90 Å². The third-order valence-electron chi connectivity index (χ3n) is 5.37. The van der Waals surface area contributed by atoms with Crippen molar-refractivity contribution < 1.29 is 19.1 Å². The van der Waals surface area contributed by atoms with Crippen molar-refractivity contribution >= 4 is 46.2 Å². The number of allylic oxidation sites excluding steroid dienone is 1. The molecule has 1 aromatic rings. The highest BCUT2D eigenvalue weighted by Gasteiger charge is 2.41. The zero-order chi connectivity index (χ0) is 21.5. The molecule has 29 heavy (non-hydrogen) atoms. The Bertz CT molecular complexity index is 948. The zero-order valence-electron chi connectivity index (χ0n) is 17.6. The van der Waals surface area contributed by atoms with Gasteiger partial charge in [-0.2, -0.15) is 0 Å². The number of esters is 1. The number of benzene rings is 1. The molecule has 2 aliphatic heterocycles. The predicted molar refractivity (Wildman–Crippen MR) is 116 cm³/mol. The van der Waals surface area contributed by atoms with E-state index in [-0.39, 0.29) is 5.54 Å². The van der Waals surface area contributed by atoms with E-state index in [9.17, 15) is 14.4 Å². The van der Waals surface area contributed by atoms with E-state index in [0.717, 1.165) is 40.0 Å². The van der Waals surface area contributed by atoms with Crippen molar-refractivity contribution in [2.75, 3.05) is 18.6 Å². The van der Waals surface area contributed by atoms with Gasteiger partial charge in [-0.15, -0.1) is 0 Å². The average molecular weight is 415 g/mol. The Morgan fingerprint density at radius 1 is 1.31 bits per heavy atom. The molecule has 6 nitrogen and oxygen atoms in total. The van der Waals surface area contributed by atoms with Crippen molar-refractivity contribution in [1.29, 1.82) is 0 Å². The lowest BCUT2D eigenvalue weighted by molar-refractivity contribution is -0.148. The second-order valence-corrected chi connectivity index (χ2v) is 8.75. The Hall–Kier alpha value is -2.54. The Kier molecular flexibility index (Phi) is 5.63. The van der Waals surface area contributed by atoms with Gasteiger partial charge in [0.05, 0.1) is 17.6 Å². The van der Waals surface area contributed by atoms with E-state index in [1.54, 1.807) is 6.08 Å². The summed E-state index contributed by atoms with van der Waals surface area (Å²) < 4.78 is 4.66. The molecule has 154 valence electrons. The van der Waals surface area contributed by atoms with E-state index in [1.807, 2.05) is 12.1 Å². The summed E-state index contributed by atoms with van der Waals surface area (Å²) in [6, 6.07) is 5.10. The van der Waals surface area contributed by atoms with E-state index >= 15 is 0 Å². The summed E-state index contributed by atoms with van der Waals surface area (Å²) in [7, 11) is 1.23. The third-order valence-corrected chi connectivity index (χ3v) is 6.25. The number of likely N-dealkylation sites (N-methyl/N-ethyl adjacent to an activating group) is 1. The number of amides is 2. The van der Waals surface area contributed by atoms with Gasteiger partial charge in [-0.1, -0.05) is 12.1 Å². The fourth-order valence-electron chi connectivity index (χ4n) is 4.01. The Morgan fingerprint density at radius 3 is 2.62 bits per heavy atom. The molecule has 0 bridgehead atoms. The summed E-state index contributed by atoms with van der Waals surface area (Å²) in [5.41, 5.74) is 4.21. The SMILES string of the molecule is CCN1c2ccc(/C=C3/SC(=O)N(C(C)C(=O)OC)C3=O)cc2C(C)=CC1(C)C. The van der Waals surface area contributed by atoms with Crippen LogP contribution in [-0.4, -0.2) is 47.3 Å². The van der Waals surface area contributed by atoms with E-state index in [4.69, 9.17) is 0 Å². The van der Waals surface area contributed by atoms with Crippen LogP contribution < -0.4 is 4.90 Å². The maximum Gasteiger partial charge on any atom is 0.328 e. The minimum Gasteiger partial charge on any atom is -0.467 e. The Labute approximate surface area is 175 Å². The molecular formula is C22H26N2O4S. The summed E-state index contributed by atoms with van der Waals surface area (Å²) in [5, 5.41) is -0.466. The smallest absolute Gasteiger partial charge is 0.328 e. The van der Waals surface area contributed by atoms with Crippen molar-refractivity contribution in [2.24, 2.45) is 0 Å². The molecule has 3 rings (SSSR count). The van der Waals surface area contributed by atoms with Gasteiger partial charge in [0.15, 0.2) is 0 Å². The number of carbonyl (C=O) groups is 3. The predicted octanol–water partition coefficient (Wildman–Crippen LogP) is 4.31. The van der Waals surface area contributed by atoms with E-state index in [2.05, 4.69) is 49.5 Å². The summed E-state index contributed by atoms with van der Waals surface area (Å²) >= 11 is 0.842. The molecule has 0 saturated carbocycles. The van der Waals surface area contributed by atoms with Gasteiger partial charge in [-0.3, -0.25) is 14.5 Å². The Balaban J connectivity index is 1.95. The van der Waals surface area contributed by atoms with Crippen LogP contribution in [0.2, 0.25) is 0 Å². The summed E-state index contributed by atoms with van der Waals surface area (Å²) in [6.45, 7) is 11.0. The molecule has 2 amide bonds. The van der Waals surface area contributed by atoms with Crippen LogP contribution in [0, 0.1) is 0 Å². The molecule has 2 heterocycles. The van der Waals surface area contributed by atoms with Crippen LogP contribution >= 0.6 is 11.8 Å². The number of hydrogen-bond acceptors (Lipinski definition) is 6. The van der Waals surface area contributed by atoms with Crippen LogP contribution in [-0.2, 0) is 14.3 Å². The minimum atomic E-state index is -0.951. The number of fused-ring (bicyclic) bond motifs is 1. The van der Waals surface area contributed by atoms with Gasteiger partial charge in [0.2, 0.25) is 0 Å². The second-order valence-electron chi connectivity index (χ2n) is 7.75. The molecule has 7 heteroatoms. The van der Waals surface area contributed by atoms with Crippen LogP contribution in [0.3, 0.4) is 0 Å². The number of anilines is 1. The topological polar surface area (TPSA) is 66.9 Å². The second kappa shape index (κ2) is 7.71. The lowest BCUT2D eigenvalue weighted by Gasteiger charge is -2.42. The number of imide groups is 1. The van der Waals surface area contributed by atoms with Gasteiger partial charge >= 0.3 is 5.97 Å². The van der Waals surface area contributed by atoms with Crippen molar-refractivity contribution in [3.63, 3.8) is 0 Å². The molecule has 0 spiro atoms. The van der Waals surface area contributed by atoms with E-state index in [1.165, 1.54) is 19.6 Å². The minimum absolute atomic E-state index is 0.0694. The molecule has 2 aliphatic rings. The molecule has 1 fully saturated rings. The zero-order valence-corrected chi connectivity index (χ0v) is 18.4. The summed E-state index contributed by atoms with van der Waals surface area (Å²) in [6.07, 6.45) is 3.95. The number of hydrogen-bond donors (Lipinski definition) is 0. The van der Waals surface area contributed by atoms with Crippen molar-refractivity contribution in [3.8, 4) is 0 Å². The Morgan fingerprint density at radius 2 is 2.00 bits per heavy atom. The molecule has 1 atom stereocenters. The molecule has 1 aromatic carbocycles. The molecular weight excluding hydrogens is 388 g/mol. The number of carbonyl (C=O) groups excluding carboxylic acids is 3. The monoisotopic (exact) mass is 414 g/mol. The van der Waals surface area contributed by atoms with Crippen molar-refractivity contribution in [3.05, 3.63) is 40.3 Å². The highest BCUT2D eigenvalue weighted by atomic mass is 32.2. The van der Waals surface area contributed by atoms with Crippen LogP contribution in [0.5, 0.6) is 0 Å². The lowest BCUT2D eigenvalue weighted by Crippen LogP contribution is -2.44. The van der Waals surface area contributed by atoms with Gasteiger partial charge in [-0.05, 0) is 75.7 Å². The quantitative estimate of drug-likeness (QED) is 0.540. The maximum absolute atomic E-state index is 12.7. The first-order valence-electron chi connectivity index (χ1n) is 9.57. The number of rotatable bonds is 4. The van der Waals surface area contributed by atoms with Gasteiger partial charge in [0.25, 0.3) is 11.1 Å². The first kappa shape index (κ1) is 21.2. The van der Waals surface area contributed by atoms with Crippen LogP contribution in [0.25, 0.3) is 11.6 Å². The van der Waals surface area contributed by atoms with Crippen LogP contribution in [0.1, 0.15) is 45.7 Å². The molecule has 0 radical (unpaired) electrons. The van der Waals surface area contributed by atoms with Gasteiger partial charge in [-0.25, -0.2) is 4.79 Å². The number of nitrogens with zero attached hydrogens (tertiary/aromatic N) is 2. The summed E-state index contributed by atoms with van der Waals surface area (Å²) in [4.78, 5) is 40.3. The molecule has 0 N–H and O–H groups in total. The fourth-order valence-corrected chi connectivity index (χ4v) is 4.92. The van der Waals surface area contributed by atoms with Gasteiger partial charge < -0.3 is 9.64 Å². The van der Waals surface area contributed by atoms with Crippen LogP contribution in [0.15, 0.2) is 29.2 Å². The third kappa shape index (κ3) is 3.71. The lowest BCUT2D eigenvalue weighted by atomic mass is 9.88. The largest absolute Gasteiger partial charge is 0.467 e. The number of methoxy groups -OCH3 is 1. The highest BCUT2D eigenvalue weighted by Crippen LogP contribution is 2.40. The van der Waals surface area contributed by atoms with Gasteiger partial charge in [0, 0.05) is 17.8 Å². The maximum atomic E-state index is 12.7. The number of thioether (sulfide) groups is 1. The standard InChI is InChI=1S/C22H26N2O4S/c1-7-23-17-9-8-15(10-16(17)13(2)12-22(23,4)5)11-18-19(25)24(21(27)29-18)14(3)20(26)28-6/h8-12,14H,7H2,1-6H3/b18-11+. The highest BCUT2D eigenvalue weighted by molar-refractivity contribution is 8.18. The average Bonchev–Trinajstić information content (AvgIpc) is 2.93. The molecule has 1 saturated heterocycles. The fraction of sp³-hybridized carbons (Fsp3) is 0.409. The molecule has 0 aromatic heterocycles. The molecule has 1 unspecified atom stereocenters. The first-order chi connectivity index (χ1) is 13.6. The van der Waals surface area contributed by atoms with Crippen LogP contribution in [0.4, 0.5) is 10.5 Å².